The van der Waals surface area contributed by atoms with Gasteiger partial charge in [-0.2, -0.15) is 0 Å². The van der Waals surface area contributed by atoms with Crippen molar-refractivity contribution in [3.05, 3.63) is 65.1 Å². The van der Waals surface area contributed by atoms with Gasteiger partial charge in [-0.05, 0) is 30.3 Å². The molecule has 1 amide bonds. The summed E-state index contributed by atoms with van der Waals surface area (Å²) in [5, 5.41) is 3.32. The van der Waals surface area contributed by atoms with Crippen LogP contribution in [-0.4, -0.2) is 80.0 Å². The molecule has 3 atom stereocenters. The van der Waals surface area contributed by atoms with Crippen LogP contribution in [0.5, 0.6) is 11.5 Å². The number of carbonyl (C=O) groups excluding carboxylic acids is 1. The fourth-order valence-corrected chi connectivity index (χ4v) is 7.31. The Labute approximate surface area is 266 Å². The highest BCUT2D eigenvalue weighted by Gasteiger charge is 2.36. The first kappa shape index (κ1) is 30.3. The number of nitrogens with zero attached hydrogens (tertiary/aromatic N) is 5. The number of hydrogen-bond donors (Lipinski definition) is 1. The molecule has 0 bridgehead atoms. The molecule has 0 aliphatic carbocycles. The molecule has 6 heterocycles. The van der Waals surface area contributed by atoms with Crippen molar-refractivity contribution in [3.63, 3.8) is 0 Å². The molecule has 1 N–H and O–H groups in total. The number of anilines is 3. The number of nitrogens with one attached hydrogen (secondary N) is 1. The molecule has 3 aliphatic heterocycles. The SMILES string of the molecule is O=C(NCc1cc2nc(N3CCOc4cc(N5C[C@@H](F)[C@H](F)C5)cnc43)ccc2cn1)c1cc(Cl)c2c(c1)S(=O)(=O)C(F)CCO2. The van der Waals surface area contributed by atoms with Gasteiger partial charge >= 0.3 is 0 Å². The van der Waals surface area contributed by atoms with Crippen LogP contribution in [-0.2, 0) is 16.4 Å². The number of ether oxygens (including phenoxy) is 2. The highest BCUT2D eigenvalue weighted by molar-refractivity contribution is 7.92. The molecule has 1 fully saturated rings. The van der Waals surface area contributed by atoms with Gasteiger partial charge in [0.25, 0.3) is 5.91 Å². The Kier molecular flexibility index (Phi) is 7.75. The second kappa shape index (κ2) is 11.8. The molecule has 1 aromatic carbocycles. The summed E-state index contributed by atoms with van der Waals surface area (Å²) in [4.78, 5) is 29.7. The van der Waals surface area contributed by atoms with Crippen molar-refractivity contribution in [1.29, 1.82) is 0 Å². The van der Waals surface area contributed by atoms with Crippen LogP contribution in [0.4, 0.5) is 30.5 Å². The van der Waals surface area contributed by atoms with E-state index in [4.69, 9.17) is 26.1 Å². The number of amides is 1. The normalized spacial score (nSPS) is 22.0. The van der Waals surface area contributed by atoms with Gasteiger partial charge in [-0.3, -0.25) is 9.78 Å². The molecular formula is C30H26ClF3N6O5S. The molecular weight excluding hydrogens is 649 g/mol. The monoisotopic (exact) mass is 674 g/mol. The molecule has 7 rings (SSSR count). The zero-order valence-corrected chi connectivity index (χ0v) is 25.6. The summed E-state index contributed by atoms with van der Waals surface area (Å²) in [5.74, 6) is 0.757. The number of halogens is 4. The van der Waals surface area contributed by atoms with E-state index in [2.05, 4.69) is 15.3 Å². The van der Waals surface area contributed by atoms with Gasteiger partial charge in [0, 0.05) is 29.6 Å². The number of aromatic nitrogens is 3. The van der Waals surface area contributed by atoms with Gasteiger partial charge in [-0.25, -0.2) is 31.6 Å². The average molecular weight is 675 g/mol. The minimum absolute atomic E-state index is 0.0228. The Hall–Kier alpha value is -4.37. The number of alkyl halides is 3. The Morgan fingerprint density at radius 3 is 2.63 bits per heavy atom. The predicted molar refractivity (Wildman–Crippen MR) is 163 cm³/mol. The second-order valence-corrected chi connectivity index (χ2v) is 13.5. The van der Waals surface area contributed by atoms with E-state index in [1.54, 1.807) is 29.4 Å². The number of sulfone groups is 1. The third-order valence-electron chi connectivity index (χ3n) is 8.02. The number of carbonyl (C=O) groups is 1. The van der Waals surface area contributed by atoms with Crippen molar-refractivity contribution in [2.45, 2.75) is 35.7 Å². The molecule has 0 saturated carbocycles. The molecule has 0 spiro atoms. The lowest BCUT2D eigenvalue weighted by atomic mass is 10.2. The number of fused-ring (bicyclic) bond motifs is 3. The quantitative estimate of drug-likeness (QED) is 0.324. The van der Waals surface area contributed by atoms with Crippen LogP contribution in [0.1, 0.15) is 22.5 Å². The zero-order valence-electron chi connectivity index (χ0n) is 24.0. The minimum atomic E-state index is -4.39. The lowest BCUT2D eigenvalue weighted by Crippen LogP contribution is -2.30. The Balaban J connectivity index is 1.10. The summed E-state index contributed by atoms with van der Waals surface area (Å²) in [7, 11) is -4.39. The third-order valence-corrected chi connectivity index (χ3v) is 10.1. The molecule has 1 saturated heterocycles. The zero-order chi connectivity index (χ0) is 32.2. The molecule has 1 unspecified atom stereocenters. The highest BCUT2D eigenvalue weighted by Crippen LogP contribution is 2.39. The van der Waals surface area contributed by atoms with Crippen LogP contribution < -0.4 is 24.6 Å². The van der Waals surface area contributed by atoms with Gasteiger partial charge in [-0.1, -0.05) is 11.6 Å². The van der Waals surface area contributed by atoms with E-state index in [0.717, 1.165) is 11.5 Å². The topological polar surface area (TPSA) is 127 Å². The van der Waals surface area contributed by atoms with Crippen molar-refractivity contribution >= 4 is 55.6 Å². The summed E-state index contributed by atoms with van der Waals surface area (Å²) in [5.41, 5.74) is -0.618. The van der Waals surface area contributed by atoms with Crippen LogP contribution in [0.3, 0.4) is 0 Å². The lowest BCUT2D eigenvalue weighted by molar-refractivity contribution is 0.0950. The summed E-state index contributed by atoms with van der Waals surface area (Å²) in [6.07, 6.45) is -0.269. The maximum atomic E-state index is 14.3. The number of benzene rings is 1. The number of rotatable bonds is 5. The average Bonchev–Trinajstić information content (AvgIpc) is 3.34. The van der Waals surface area contributed by atoms with Crippen LogP contribution in [0.15, 0.2) is 53.7 Å². The number of pyridine rings is 3. The first-order valence-corrected chi connectivity index (χ1v) is 16.3. The van der Waals surface area contributed by atoms with Gasteiger partial charge in [0.05, 0.1) is 60.9 Å². The summed E-state index contributed by atoms with van der Waals surface area (Å²) < 4.78 is 78.3. The van der Waals surface area contributed by atoms with E-state index in [1.807, 2.05) is 17.0 Å². The van der Waals surface area contributed by atoms with Crippen LogP contribution in [0, 0.1) is 0 Å². The van der Waals surface area contributed by atoms with Crippen molar-refractivity contribution < 1.29 is 35.9 Å². The highest BCUT2D eigenvalue weighted by atomic mass is 35.5. The van der Waals surface area contributed by atoms with E-state index in [0.29, 0.717) is 47.4 Å². The fourth-order valence-electron chi connectivity index (χ4n) is 5.58. The van der Waals surface area contributed by atoms with Crippen molar-refractivity contribution in [2.75, 3.05) is 42.6 Å². The van der Waals surface area contributed by atoms with E-state index in [9.17, 15) is 26.4 Å². The molecule has 3 aromatic heterocycles. The first-order chi connectivity index (χ1) is 22.1. The maximum absolute atomic E-state index is 14.3. The Morgan fingerprint density at radius 1 is 1.02 bits per heavy atom. The molecule has 0 radical (unpaired) electrons. The van der Waals surface area contributed by atoms with E-state index in [-0.39, 0.29) is 49.0 Å². The van der Waals surface area contributed by atoms with Gasteiger partial charge in [-0.15, -0.1) is 0 Å². The summed E-state index contributed by atoms with van der Waals surface area (Å²) in [6.45, 7) is 0.514. The molecule has 3 aliphatic rings. The third kappa shape index (κ3) is 5.51. The van der Waals surface area contributed by atoms with Gasteiger partial charge in [0.2, 0.25) is 15.3 Å². The lowest BCUT2D eigenvalue weighted by Gasteiger charge is -2.30. The molecule has 16 heteroatoms. The molecule has 4 aromatic rings. The maximum Gasteiger partial charge on any atom is 0.251 e. The standard InChI is InChI=1S/C30H26ClF3N6O5S/c31-20-7-17(8-25-28(20)45-5-3-26(34)46(25,42)43)30(41)37-12-18-9-23-16(11-35-18)1-2-27(38-23)40-4-6-44-24-10-19(13-36-29(24)40)39-14-21(32)22(33)15-39/h1-2,7-11,13,21-22,26H,3-6,12,14-15H2,(H,37,41)/t21-,22-,26?/m1/s1. The molecule has 46 heavy (non-hydrogen) atoms. The smallest absolute Gasteiger partial charge is 0.251 e. The van der Waals surface area contributed by atoms with Crippen LogP contribution in [0.2, 0.25) is 5.02 Å². The fraction of sp³-hybridized carbons (Fsp3) is 0.333. The van der Waals surface area contributed by atoms with Crippen molar-refractivity contribution in [3.8, 4) is 11.5 Å². The largest absolute Gasteiger partial charge is 0.490 e. The van der Waals surface area contributed by atoms with E-state index >= 15 is 0 Å². The van der Waals surface area contributed by atoms with Crippen LogP contribution in [0.25, 0.3) is 10.9 Å². The van der Waals surface area contributed by atoms with E-state index < -0.39 is 38.5 Å². The second-order valence-electron chi connectivity index (χ2n) is 11.1. The van der Waals surface area contributed by atoms with Crippen LogP contribution >= 0.6 is 11.6 Å². The first-order valence-electron chi connectivity index (χ1n) is 14.4. The van der Waals surface area contributed by atoms with Gasteiger partial charge in [0.1, 0.15) is 17.3 Å². The molecule has 240 valence electrons. The number of hydrogen-bond acceptors (Lipinski definition) is 10. The Bertz CT molecular complexity index is 1960. The minimum Gasteiger partial charge on any atom is -0.490 e. The summed E-state index contributed by atoms with van der Waals surface area (Å²) in [6, 6.07) is 9.43. The van der Waals surface area contributed by atoms with Crippen molar-refractivity contribution in [1.82, 2.24) is 20.3 Å². The van der Waals surface area contributed by atoms with Gasteiger partial charge in [0.15, 0.2) is 29.7 Å². The summed E-state index contributed by atoms with van der Waals surface area (Å²) >= 11 is 6.22. The molecule has 11 nitrogen and oxygen atoms in total. The van der Waals surface area contributed by atoms with E-state index in [1.165, 1.54) is 6.07 Å². The predicted octanol–water partition coefficient (Wildman–Crippen LogP) is 4.49. The van der Waals surface area contributed by atoms with Gasteiger partial charge < -0.3 is 24.6 Å². The Morgan fingerprint density at radius 2 is 1.83 bits per heavy atom. The van der Waals surface area contributed by atoms with Crippen molar-refractivity contribution in [2.24, 2.45) is 0 Å².